The van der Waals surface area contributed by atoms with E-state index in [0.29, 0.717) is 18.9 Å². The van der Waals surface area contributed by atoms with Gasteiger partial charge in [0.15, 0.2) is 17.3 Å². The van der Waals surface area contributed by atoms with E-state index in [-0.39, 0.29) is 28.8 Å². The second-order valence-electron chi connectivity index (χ2n) is 7.74. The third kappa shape index (κ3) is 5.12. The number of Topliss-reactive ketones (excluding diaryl/α,β-unsaturated/α-hetero) is 2. The van der Waals surface area contributed by atoms with Gasteiger partial charge in [0.05, 0.1) is 13.2 Å². The highest BCUT2D eigenvalue weighted by molar-refractivity contribution is 6.43. The highest BCUT2D eigenvalue weighted by atomic mass is 16.5. The highest BCUT2D eigenvalue weighted by Gasteiger charge is 2.42. The van der Waals surface area contributed by atoms with Gasteiger partial charge in [-0.1, -0.05) is 27.2 Å². The van der Waals surface area contributed by atoms with E-state index in [4.69, 9.17) is 4.74 Å². The van der Waals surface area contributed by atoms with E-state index >= 15 is 0 Å². The van der Waals surface area contributed by atoms with Gasteiger partial charge in [0.1, 0.15) is 0 Å². The fourth-order valence-corrected chi connectivity index (χ4v) is 3.38. The molecule has 3 rings (SSSR count). The van der Waals surface area contributed by atoms with Gasteiger partial charge in [0, 0.05) is 18.0 Å². The Hall–Kier alpha value is -2.37. The Kier molecular flexibility index (Phi) is 7.61. The predicted octanol–water partition coefficient (Wildman–Crippen LogP) is 3.61. The SMILES string of the molecule is CCC.COc1ccc(C(=O)C(=O)N2CCC(C)CC2C(=O)C2CC2)cc1O. The lowest BCUT2D eigenvalue weighted by Crippen LogP contribution is -2.52. The van der Waals surface area contributed by atoms with Crippen molar-refractivity contribution in [1.82, 2.24) is 4.90 Å². The van der Waals surface area contributed by atoms with Gasteiger partial charge >= 0.3 is 0 Å². The van der Waals surface area contributed by atoms with Crippen molar-refractivity contribution in [2.45, 2.75) is 58.9 Å². The van der Waals surface area contributed by atoms with Gasteiger partial charge in [-0.25, -0.2) is 0 Å². The summed E-state index contributed by atoms with van der Waals surface area (Å²) >= 11 is 0. The summed E-state index contributed by atoms with van der Waals surface area (Å²) in [4.78, 5) is 39.3. The molecule has 0 aromatic heterocycles. The van der Waals surface area contributed by atoms with E-state index in [1.807, 2.05) is 0 Å². The van der Waals surface area contributed by atoms with Crippen molar-refractivity contribution in [2.24, 2.45) is 11.8 Å². The normalized spacial score (nSPS) is 21.4. The second kappa shape index (κ2) is 9.71. The number of methoxy groups -OCH3 is 1. The number of carbonyl (C=O) groups excluding carboxylic acids is 3. The number of aromatic hydroxyl groups is 1. The number of benzene rings is 1. The molecule has 2 unspecified atom stereocenters. The molecule has 0 spiro atoms. The quantitative estimate of drug-likeness (QED) is 0.614. The summed E-state index contributed by atoms with van der Waals surface area (Å²) in [5.41, 5.74) is 0.0968. The van der Waals surface area contributed by atoms with Gasteiger partial charge in [-0.05, 0) is 49.8 Å². The van der Waals surface area contributed by atoms with Crippen LogP contribution < -0.4 is 4.74 Å². The number of amides is 1. The summed E-state index contributed by atoms with van der Waals surface area (Å²) in [7, 11) is 1.41. The molecule has 1 saturated heterocycles. The van der Waals surface area contributed by atoms with Crippen LogP contribution in [-0.2, 0) is 9.59 Å². The van der Waals surface area contributed by atoms with Gasteiger partial charge in [-0.15, -0.1) is 0 Å². The maximum atomic E-state index is 12.7. The molecule has 1 heterocycles. The molecule has 2 atom stereocenters. The first-order valence-corrected chi connectivity index (χ1v) is 10.1. The first kappa shape index (κ1) is 21.9. The van der Waals surface area contributed by atoms with Gasteiger partial charge < -0.3 is 14.7 Å². The zero-order chi connectivity index (χ0) is 20.8. The van der Waals surface area contributed by atoms with Gasteiger partial charge in [-0.3, -0.25) is 14.4 Å². The van der Waals surface area contributed by atoms with Crippen LogP contribution in [0.4, 0.5) is 0 Å². The monoisotopic (exact) mass is 389 g/mol. The lowest BCUT2D eigenvalue weighted by molar-refractivity contribution is -0.139. The molecule has 6 heteroatoms. The maximum absolute atomic E-state index is 12.7. The number of hydrogen-bond donors (Lipinski definition) is 1. The molecule has 1 aliphatic carbocycles. The Bertz CT molecular complexity index is 726. The molecule has 2 fully saturated rings. The fraction of sp³-hybridized carbons (Fsp3) is 0.591. The van der Waals surface area contributed by atoms with Gasteiger partial charge in [0.25, 0.3) is 11.7 Å². The van der Waals surface area contributed by atoms with E-state index in [2.05, 4.69) is 20.8 Å². The number of rotatable bonds is 5. The van der Waals surface area contributed by atoms with Crippen LogP contribution in [0.3, 0.4) is 0 Å². The zero-order valence-electron chi connectivity index (χ0n) is 17.2. The second-order valence-corrected chi connectivity index (χ2v) is 7.74. The van der Waals surface area contributed by atoms with Crippen molar-refractivity contribution in [3.8, 4) is 11.5 Å². The lowest BCUT2D eigenvalue weighted by Gasteiger charge is -2.37. The maximum Gasteiger partial charge on any atom is 0.295 e. The number of phenolic OH excluding ortho intramolecular Hbond substituents is 1. The molecule has 2 aliphatic rings. The van der Waals surface area contributed by atoms with Crippen LogP contribution in [0.25, 0.3) is 0 Å². The minimum Gasteiger partial charge on any atom is -0.504 e. The molecule has 28 heavy (non-hydrogen) atoms. The summed E-state index contributed by atoms with van der Waals surface area (Å²) in [5, 5.41) is 9.83. The van der Waals surface area contributed by atoms with Crippen LogP contribution >= 0.6 is 0 Å². The molecular formula is C22H31NO5. The summed E-state index contributed by atoms with van der Waals surface area (Å²) < 4.78 is 4.95. The first-order chi connectivity index (χ1) is 13.3. The standard InChI is InChI=1S/C19H23NO5.C3H8/c1-11-7-8-20(14(9-11)17(22)12-3-4-12)19(24)18(23)13-5-6-16(25-2)15(21)10-13;1-3-2/h5-6,10-12,14,21H,3-4,7-9H2,1-2H3;3H2,1-2H3. The zero-order valence-corrected chi connectivity index (χ0v) is 17.2. The highest BCUT2D eigenvalue weighted by Crippen LogP contribution is 2.35. The molecule has 1 amide bonds. The summed E-state index contributed by atoms with van der Waals surface area (Å²) in [6.45, 7) is 6.73. The van der Waals surface area contributed by atoms with Gasteiger partial charge in [-0.2, -0.15) is 0 Å². The number of hydrogen-bond acceptors (Lipinski definition) is 5. The van der Waals surface area contributed by atoms with Crippen molar-refractivity contribution in [1.29, 1.82) is 0 Å². The average Bonchev–Trinajstić information content (AvgIpc) is 3.52. The minimum absolute atomic E-state index is 0.0470. The molecule has 1 aromatic rings. The van der Waals surface area contributed by atoms with E-state index < -0.39 is 17.7 Å². The Morgan fingerprint density at radius 1 is 1.18 bits per heavy atom. The fourth-order valence-electron chi connectivity index (χ4n) is 3.38. The third-order valence-electron chi connectivity index (χ3n) is 5.07. The number of phenols is 1. The molecule has 6 nitrogen and oxygen atoms in total. The van der Waals surface area contributed by atoms with Crippen LogP contribution in [0.5, 0.6) is 11.5 Å². The smallest absolute Gasteiger partial charge is 0.295 e. The molecule has 1 N–H and O–H groups in total. The predicted molar refractivity (Wildman–Crippen MR) is 107 cm³/mol. The largest absolute Gasteiger partial charge is 0.504 e. The summed E-state index contributed by atoms with van der Waals surface area (Å²) in [6, 6.07) is 3.62. The van der Waals surface area contributed by atoms with Gasteiger partial charge in [0.2, 0.25) is 0 Å². The van der Waals surface area contributed by atoms with Crippen LogP contribution in [0.15, 0.2) is 18.2 Å². The first-order valence-electron chi connectivity index (χ1n) is 10.1. The van der Waals surface area contributed by atoms with Crippen molar-refractivity contribution in [3.05, 3.63) is 23.8 Å². The molecular weight excluding hydrogens is 358 g/mol. The molecule has 154 valence electrons. The topological polar surface area (TPSA) is 83.9 Å². The molecule has 1 aromatic carbocycles. The number of likely N-dealkylation sites (tertiary alicyclic amines) is 1. The molecule has 0 radical (unpaired) electrons. The van der Waals surface area contributed by atoms with Crippen LogP contribution in [0, 0.1) is 11.8 Å². The minimum atomic E-state index is -0.707. The van der Waals surface area contributed by atoms with Crippen LogP contribution in [-0.4, -0.2) is 47.2 Å². The van der Waals surface area contributed by atoms with Crippen molar-refractivity contribution >= 4 is 17.5 Å². The Balaban J connectivity index is 0.000000878. The Morgan fingerprint density at radius 3 is 2.36 bits per heavy atom. The third-order valence-corrected chi connectivity index (χ3v) is 5.07. The van der Waals surface area contributed by atoms with Crippen LogP contribution in [0.1, 0.15) is 63.2 Å². The molecule has 1 aliphatic heterocycles. The summed E-state index contributed by atoms with van der Waals surface area (Å²) in [5.74, 6) is -0.846. The van der Waals surface area contributed by atoms with E-state index in [1.165, 1.54) is 36.6 Å². The Morgan fingerprint density at radius 2 is 1.82 bits per heavy atom. The molecule has 1 saturated carbocycles. The number of carbonyl (C=O) groups is 3. The lowest BCUT2D eigenvalue weighted by atomic mass is 9.88. The van der Waals surface area contributed by atoms with E-state index in [0.717, 1.165) is 19.3 Å². The summed E-state index contributed by atoms with van der Waals surface area (Å²) in [6.07, 6.45) is 4.40. The van der Waals surface area contributed by atoms with E-state index in [1.54, 1.807) is 0 Å². The van der Waals surface area contributed by atoms with E-state index in [9.17, 15) is 19.5 Å². The number of ether oxygens (including phenoxy) is 1. The Labute approximate surface area is 166 Å². The van der Waals surface area contributed by atoms with Crippen molar-refractivity contribution in [2.75, 3.05) is 13.7 Å². The van der Waals surface area contributed by atoms with Crippen molar-refractivity contribution < 1.29 is 24.2 Å². The van der Waals surface area contributed by atoms with Crippen LogP contribution in [0.2, 0.25) is 0 Å². The van der Waals surface area contributed by atoms with Crippen molar-refractivity contribution in [3.63, 3.8) is 0 Å². The average molecular weight is 389 g/mol. The number of piperidine rings is 1. The molecule has 0 bridgehead atoms. The number of ketones is 2. The number of nitrogens with zero attached hydrogens (tertiary/aromatic N) is 1.